The lowest BCUT2D eigenvalue weighted by atomic mass is 10.1. The largest absolute Gasteiger partial charge is 0.351 e. The van der Waals surface area contributed by atoms with E-state index >= 15 is 0 Å². The third-order valence-electron chi connectivity index (χ3n) is 3.12. The second-order valence-electron chi connectivity index (χ2n) is 4.48. The van der Waals surface area contributed by atoms with Gasteiger partial charge in [-0.25, -0.2) is 4.79 Å². The van der Waals surface area contributed by atoms with Gasteiger partial charge in [-0.05, 0) is 39.4 Å². The van der Waals surface area contributed by atoms with Gasteiger partial charge in [0, 0.05) is 19.0 Å². The Labute approximate surface area is 114 Å². The van der Waals surface area contributed by atoms with E-state index in [0.717, 1.165) is 25.9 Å². The van der Waals surface area contributed by atoms with Crippen LogP contribution in [-0.2, 0) is 4.79 Å². The molecule has 1 saturated heterocycles. The van der Waals surface area contributed by atoms with Crippen LogP contribution in [-0.4, -0.2) is 49.6 Å². The molecular formula is C11H23ClN4O2. The van der Waals surface area contributed by atoms with Crippen LogP contribution in [0, 0.1) is 0 Å². The number of hydrogen-bond acceptors (Lipinski definition) is 4. The molecule has 0 aliphatic carbocycles. The highest BCUT2D eigenvalue weighted by Crippen LogP contribution is 2.11. The van der Waals surface area contributed by atoms with Crippen LogP contribution in [0.3, 0.4) is 0 Å². The van der Waals surface area contributed by atoms with E-state index in [0.29, 0.717) is 19.0 Å². The number of halogens is 1. The number of carbonyl (C=O) groups is 2. The molecule has 4 N–H and O–H groups in total. The van der Waals surface area contributed by atoms with Crippen LogP contribution in [0.2, 0.25) is 0 Å². The van der Waals surface area contributed by atoms with Crippen LogP contribution >= 0.6 is 12.4 Å². The van der Waals surface area contributed by atoms with Gasteiger partial charge < -0.3 is 16.0 Å². The van der Waals surface area contributed by atoms with E-state index in [1.807, 2.05) is 7.05 Å². The Bertz CT molecular complexity index is 268. The van der Waals surface area contributed by atoms with Crippen LogP contribution in [0.1, 0.15) is 25.7 Å². The van der Waals surface area contributed by atoms with Gasteiger partial charge in [-0.2, -0.15) is 0 Å². The van der Waals surface area contributed by atoms with Crippen LogP contribution in [0.15, 0.2) is 0 Å². The summed E-state index contributed by atoms with van der Waals surface area (Å²) in [5.41, 5.74) is 4.87. The van der Waals surface area contributed by atoms with Gasteiger partial charge in [-0.15, -0.1) is 12.4 Å². The van der Waals surface area contributed by atoms with Crippen molar-refractivity contribution in [2.24, 2.45) is 5.73 Å². The lowest BCUT2D eigenvalue weighted by Gasteiger charge is -2.26. The van der Waals surface area contributed by atoms with Crippen LogP contribution in [0.4, 0.5) is 4.79 Å². The fraction of sp³-hybridized carbons (Fsp3) is 0.818. The van der Waals surface area contributed by atoms with Crippen molar-refractivity contribution in [1.29, 1.82) is 0 Å². The van der Waals surface area contributed by atoms with Gasteiger partial charge in [0.25, 0.3) is 0 Å². The highest BCUT2D eigenvalue weighted by Gasteiger charge is 2.17. The van der Waals surface area contributed by atoms with E-state index in [1.165, 1.54) is 6.42 Å². The Morgan fingerprint density at radius 2 is 2.11 bits per heavy atom. The number of nitrogens with one attached hydrogen (secondary N) is 2. The van der Waals surface area contributed by atoms with Crippen LogP contribution in [0.5, 0.6) is 0 Å². The summed E-state index contributed by atoms with van der Waals surface area (Å²) >= 11 is 0. The Balaban J connectivity index is 0.00000289. The summed E-state index contributed by atoms with van der Waals surface area (Å²) in [6.45, 7) is 2.76. The minimum atomic E-state index is -0.781. The lowest BCUT2D eigenvalue weighted by Crippen LogP contribution is -2.39. The first-order chi connectivity index (χ1) is 8.09. The average molecular weight is 279 g/mol. The smallest absolute Gasteiger partial charge is 0.318 e. The summed E-state index contributed by atoms with van der Waals surface area (Å²) in [4.78, 5) is 23.9. The molecule has 0 aromatic carbocycles. The first-order valence-corrected chi connectivity index (χ1v) is 6.10. The maximum absolute atomic E-state index is 11.3. The zero-order valence-electron chi connectivity index (χ0n) is 10.8. The summed E-state index contributed by atoms with van der Waals surface area (Å²) in [5, 5.41) is 5.43. The minimum Gasteiger partial charge on any atom is -0.351 e. The van der Waals surface area contributed by atoms with Gasteiger partial charge in [0.2, 0.25) is 5.91 Å². The molecule has 1 aliphatic rings. The summed E-state index contributed by atoms with van der Waals surface area (Å²) in [7, 11) is 2.02. The van der Waals surface area contributed by atoms with Crippen LogP contribution in [0.25, 0.3) is 0 Å². The predicted molar refractivity (Wildman–Crippen MR) is 72.7 cm³/mol. The average Bonchev–Trinajstić information content (AvgIpc) is 2.53. The second kappa shape index (κ2) is 9.13. The first-order valence-electron chi connectivity index (χ1n) is 6.10. The fourth-order valence-corrected chi connectivity index (χ4v) is 2.10. The summed E-state index contributed by atoms with van der Waals surface area (Å²) in [5.74, 6) is -0.309. The van der Waals surface area contributed by atoms with Gasteiger partial charge >= 0.3 is 6.03 Å². The number of amides is 3. The van der Waals surface area contributed by atoms with E-state index in [-0.39, 0.29) is 18.3 Å². The Hall–Kier alpha value is -0.850. The van der Waals surface area contributed by atoms with Crippen molar-refractivity contribution >= 4 is 24.3 Å². The number of nitrogens with zero attached hydrogens (tertiary/aromatic N) is 1. The molecule has 1 rings (SSSR count). The van der Waals surface area contributed by atoms with Crippen molar-refractivity contribution in [3.8, 4) is 0 Å². The predicted octanol–water partition coefficient (Wildman–Crippen LogP) is 0.0671. The maximum Gasteiger partial charge on any atom is 0.318 e. The Kier molecular flexibility index (Phi) is 8.70. The van der Waals surface area contributed by atoms with E-state index in [2.05, 4.69) is 15.5 Å². The fourth-order valence-electron chi connectivity index (χ4n) is 2.10. The molecule has 0 aromatic heterocycles. The molecule has 0 radical (unpaired) electrons. The quantitative estimate of drug-likeness (QED) is 0.679. The molecule has 1 atom stereocenters. The molecular weight excluding hydrogens is 256 g/mol. The summed E-state index contributed by atoms with van der Waals surface area (Å²) in [6, 6.07) is -0.261. The van der Waals surface area contributed by atoms with Crippen molar-refractivity contribution in [2.45, 2.75) is 31.7 Å². The normalized spacial score (nSPS) is 19.8. The molecule has 1 fully saturated rings. The molecule has 1 heterocycles. The molecule has 3 amide bonds. The van der Waals surface area contributed by atoms with Crippen LogP contribution < -0.4 is 16.4 Å². The van der Waals surface area contributed by atoms with Crippen molar-refractivity contribution in [3.05, 3.63) is 0 Å². The standard InChI is InChI=1S/C11H22N4O2.ClH/c1-15(8-5-10(16)14-11(12)17)9-3-2-6-13-7-4-9;/h9,13H,2-8H2,1H3,(H3,12,14,16,17);1H. The molecule has 18 heavy (non-hydrogen) atoms. The SMILES string of the molecule is CN(CCC(=O)NC(N)=O)C1CCCNCC1.Cl. The molecule has 106 valence electrons. The first kappa shape index (κ1) is 17.2. The van der Waals surface area contributed by atoms with Crippen molar-refractivity contribution < 1.29 is 9.59 Å². The van der Waals surface area contributed by atoms with E-state index in [1.54, 1.807) is 0 Å². The van der Waals surface area contributed by atoms with Gasteiger partial charge in [0.15, 0.2) is 0 Å². The van der Waals surface area contributed by atoms with Crippen molar-refractivity contribution in [1.82, 2.24) is 15.5 Å². The molecule has 1 aliphatic heterocycles. The second-order valence-corrected chi connectivity index (χ2v) is 4.48. The highest BCUT2D eigenvalue weighted by atomic mass is 35.5. The van der Waals surface area contributed by atoms with Crippen molar-refractivity contribution in [2.75, 3.05) is 26.7 Å². The molecule has 1 unspecified atom stereocenters. The van der Waals surface area contributed by atoms with E-state index in [9.17, 15) is 9.59 Å². The summed E-state index contributed by atoms with van der Waals surface area (Å²) in [6.07, 6.45) is 3.74. The Morgan fingerprint density at radius 3 is 2.78 bits per heavy atom. The van der Waals surface area contributed by atoms with E-state index < -0.39 is 6.03 Å². The number of primary amides is 1. The molecule has 6 nitrogen and oxygen atoms in total. The summed E-state index contributed by atoms with van der Waals surface area (Å²) < 4.78 is 0. The van der Waals surface area contributed by atoms with Gasteiger partial charge in [0.05, 0.1) is 0 Å². The third-order valence-corrected chi connectivity index (χ3v) is 3.12. The number of imide groups is 1. The van der Waals surface area contributed by atoms with Gasteiger partial charge in [0.1, 0.15) is 0 Å². The Morgan fingerprint density at radius 1 is 1.39 bits per heavy atom. The van der Waals surface area contributed by atoms with Gasteiger partial charge in [-0.3, -0.25) is 10.1 Å². The number of hydrogen-bond donors (Lipinski definition) is 3. The zero-order valence-corrected chi connectivity index (χ0v) is 11.6. The molecule has 0 aromatic rings. The molecule has 7 heteroatoms. The topological polar surface area (TPSA) is 87.5 Å². The van der Waals surface area contributed by atoms with Gasteiger partial charge in [-0.1, -0.05) is 0 Å². The number of nitrogens with two attached hydrogens (primary N) is 1. The minimum absolute atomic E-state index is 0. The molecule has 0 saturated carbocycles. The third kappa shape index (κ3) is 6.78. The van der Waals surface area contributed by atoms with E-state index in [4.69, 9.17) is 5.73 Å². The van der Waals surface area contributed by atoms with Crippen molar-refractivity contribution in [3.63, 3.8) is 0 Å². The molecule has 0 bridgehead atoms. The molecule has 0 spiro atoms. The maximum atomic E-state index is 11.3. The number of urea groups is 1. The zero-order chi connectivity index (χ0) is 12.7. The lowest BCUT2D eigenvalue weighted by molar-refractivity contribution is -0.120. The highest BCUT2D eigenvalue weighted by molar-refractivity contribution is 5.93. The monoisotopic (exact) mass is 278 g/mol. The number of rotatable bonds is 4. The number of carbonyl (C=O) groups excluding carboxylic acids is 2.